The van der Waals surface area contributed by atoms with Crippen molar-refractivity contribution < 1.29 is 0 Å². The van der Waals surface area contributed by atoms with Gasteiger partial charge >= 0.3 is 0 Å². The molecule has 7 nitrogen and oxygen atoms in total. The number of benzene rings is 2. The van der Waals surface area contributed by atoms with Crippen molar-refractivity contribution in [3.63, 3.8) is 0 Å². The van der Waals surface area contributed by atoms with Gasteiger partial charge in [0.25, 0.3) is 5.56 Å². The predicted molar refractivity (Wildman–Crippen MR) is 143 cm³/mol. The number of tetrazole rings is 1. The standard InChI is InChI=1S/C29H36N6O/c1-19(2)27(28-31-32-33-35(28)25-10-5-6-11-25)34(17-22-14-12-20(3)13-15-22)18-24-16-23-9-7-8-21(4)26(23)30-29(24)36/h7-9,12-16,19,25,27H,5-6,10-11,17-18H2,1-4H3,(H,30,36). The van der Waals surface area contributed by atoms with Crippen molar-refractivity contribution >= 4 is 10.9 Å². The Balaban J connectivity index is 1.57. The minimum absolute atomic E-state index is 0.0329. The molecule has 0 spiro atoms. The number of nitrogens with zero attached hydrogens (tertiary/aromatic N) is 5. The van der Waals surface area contributed by atoms with E-state index in [1.807, 2.05) is 25.1 Å². The van der Waals surface area contributed by atoms with Crippen LogP contribution in [0.15, 0.2) is 53.3 Å². The van der Waals surface area contributed by atoms with E-state index in [9.17, 15) is 4.79 Å². The number of aromatic amines is 1. The number of para-hydroxylation sites is 1. The highest BCUT2D eigenvalue weighted by atomic mass is 16.1. The minimum Gasteiger partial charge on any atom is -0.321 e. The number of rotatable bonds is 8. The van der Waals surface area contributed by atoms with Crippen molar-refractivity contribution in [1.82, 2.24) is 30.1 Å². The van der Waals surface area contributed by atoms with E-state index >= 15 is 0 Å². The third kappa shape index (κ3) is 4.98. The highest BCUT2D eigenvalue weighted by molar-refractivity contribution is 5.81. The average Bonchev–Trinajstić information content (AvgIpc) is 3.54. The molecule has 2 heterocycles. The molecule has 7 heteroatoms. The quantitative estimate of drug-likeness (QED) is 0.350. The number of fused-ring (bicyclic) bond motifs is 1. The van der Waals surface area contributed by atoms with E-state index in [-0.39, 0.29) is 17.5 Å². The van der Waals surface area contributed by atoms with Gasteiger partial charge in [-0.15, -0.1) is 5.10 Å². The molecule has 2 aromatic carbocycles. The van der Waals surface area contributed by atoms with E-state index in [0.29, 0.717) is 19.1 Å². The van der Waals surface area contributed by atoms with Crippen LogP contribution in [0.25, 0.3) is 10.9 Å². The first kappa shape index (κ1) is 24.4. The zero-order valence-electron chi connectivity index (χ0n) is 21.7. The summed E-state index contributed by atoms with van der Waals surface area (Å²) in [6.45, 7) is 9.77. The Morgan fingerprint density at radius 2 is 1.81 bits per heavy atom. The van der Waals surface area contributed by atoms with Crippen LogP contribution in [0.3, 0.4) is 0 Å². The third-order valence-electron chi connectivity index (χ3n) is 7.52. The molecule has 1 unspecified atom stereocenters. The van der Waals surface area contributed by atoms with Gasteiger partial charge in [-0.2, -0.15) is 0 Å². The van der Waals surface area contributed by atoms with Gasteiger partial charge in [0.2, 0.25) is 0 Å². The Morgan fingerprint density at radius 3 is 2.53 bits per heavy atom. The van der Waals surface area contributed by atoms with Crippen LogP contribution in [0.5, 0.6) is 0 Å². The molecular formula is C29H36N6O. The van der Waals surface area contributed by atoms with Crippen molar-refractivity contribution in [3.05, 3.63) is 87.0 Å². The van der Waals surface area contributed by atoms with Crippen molar-refractivity contribution in [2.24, 2.45) is 5.92 Å². The van der Waals surface area contributed by atoms with Crippen LogP contribution < -0.4 is 5.56 Å². The van der Waals surface area contributed by atoms with Crippen LogP contribution in [0.4, 0.5) is 0 Å². The van der Waals surface area contributed by atoms with Gasteiger partial charge in [-0.25, -0.2) is 4.68 Å². The summed E-state index contributed by atoms with van der Waals surface area (Å²) in [6, 6.07) is 17.1. The Morgan fingerprint density at radius 1 is 1.06 bits per heavy atom. The molecule has 36 heavy (non-hydrogen) atoms. The van der Waals surface area contributed by atoms with Crippen molar-refractivity contribution in [1.29, 1.82) is 0 Å². The maximum Gasteiger partial charge on any atom is 0.252 e. The summed E-state index contributed by atoms with van der Waals surface area (Å²) in [6.07, 6.45) is 4.67. The van der Waals surface area contributed by atoms with E-state index in [2.05, 4.69) is 81.2 Å². The molecule has 4 aromatic rings. The maximum atomic E-state index is 13.2. The van der Waals surface area contributed by atoms with Gasteiger partial charge in [-0.1, -0.05) is 74.7 Å². The van der Waals surface area contributed by atoms with Gasteiger partial charge < -0.3 is 4.98 Å². The van der Waals surface area contributed by atoms with Crippen molar-refractivity contribution in [3.8, 4) is 0 Å². The average molecular weight is 485 g/mol. The van der Waals surface area contributed by atoms with Gasteiger partial charge in [-0.05, 0) is 65.6 Å². The molecular weight excluding hydrogens is 448 g/mol. The van der Waals surface area contributed by atoms with Crippen LogP contribution >= 0.6 is 0 Å². The van der Waals surface area contributed by atoms with E-state index in [4.69, 9.17) is 0 Å². The van der Waals surface area contributed by atoms with Crippen LogP contribution in [-0.2, 0) is 13.1 Å². The number of nitrogens with one attached hydrogen (secondary N) is 1. The summed E-state index contributed by atoms with van der Waals surface area (Å²) in [7, 11) is 0. The summed E-state index contributed by atoms with van der Waals surface area (Å²) in [5, 5.41) is 14.2. The van der Waals surface area contributed by atoms with Gasteiger partial charge in [0.05, 0.1) is 17.6 Å². The largest absolute Gasteiger partial charge is 0.321 e. The van der Waals surface area contributed by atoms with E-state index < -0.39 is 0 Å². The zero-order chi connectivity index (χ0) is 25.2. The molecule has 0 bridgehead atoms. The van der Waals surface area contributed by atoms with Gasteiger partial charge in [-0.3, -0.25) is 9.69 Å². The number of aryl methyl sites for hydroxylation is 2. The SMILES string of the molecule is Cc1ccc(CN(Cc2cc3cccc(C)c3[nH]c2=O)C(c2nnnn2C2CCCC2)C(C)C)cc1. The number of hydrogen-bond acceptors (Lipinski definition) is 5. The van der Waals surface area contributed by atoms with Crippen LogP contribution in [0.2, 0.25) is 0 Å². The lowest BCUT2D eigenvalue weighted by atomic mass is 9.98. The van der Waals surface area contributed by atoms with Crippen LogP contribution in [0, 0.1) is 19.8 Å². The molecule has 1 atom stereocenters. The van der Waals surface area contributed by atoms with Crippen LogP contribution in [-0.4, -0.2) is 30.1 Å². The Hall–Kier alpha value is -3.32. The fraction of sp³-hybridized carbons (Fsp3) is 0.448. The number of H-pyrrole nitrogens is 1. The molecule has 1 aliphatic rings. The first-order chi connectivity index (χ1) is 17.4. The number of pyridine rings is 1. The van der Waals surface area contributed by atoms with Crippen molar-refractivity contribution in [2.45, 2.75) is 78.6 Å². The van der Waals surface area contributed by atoms with Crippen LogP contribution in [0.1, 0.15) is 79.7 Å². The van der Waals surface area contributed by atoms with E-state index in [0.717, 1.165) is 40.7 Å². The smallest absolute Gasteiger partial charge is 0.252 e. The molecule has 1 N–H and O–H groups in total. The summed E-state index contributed by atoms with van der Waals surface area (Å²) in [5.74, 6) is 1.15. The number of hydrogen-bond donors (Lipinski definition) is 1. The van der Waals surface area contributed by atoms with Crippen molar-refractivity contribution in [2.75, 3.05) is 0 Å². The lowest BCUT2D eigenvalue weighted by molar-refractivity contribution is 0.123. The molecule has 1 saturated carbocycles. The Kier molecular flexibility index (Phi) is 7.01. The third-order valence-corrected chi connectivity index (χ3v) is 7.52. The molecule has 1 aliphatic carbocycles. The topological polar surface area (TPSA) is 79.7 Å². The second-order valence-electron chi connectivity index (χ2n) is 10.7. The van der Waals surface area contributed by atoms with Gasteiger partial charge in [0.15, 0.2) is 5.82 Å². The Labute approximate surface area is 212 Å². The van der Waals surface area contributed by atoms with Gasteiger partial charge in [0, 0.05) is 18.7 Å². The molecule has 0 aliphatic heterocycles. The second-order valence-corrected chi connectivity index (χ2v) is 10.7. The van der Waals surface area contributed by atoms with E-state index in [1.165, 1.54) is 24.0 Å². The van der Waals surface area contributed by atoms with E-state index in [1.54, 1.807) is 0 Å². The Bertz CT molecular complexity index is 1380. The molecule has 188 valence electrons. The second kappa shape index (κ2) is 10.3. The first-order valence-electron chi connectivity index (χ1n) is 13.1. The summed E-state index contributed by atoms with van der Waals surface area (Å²) < 4.78 is 2.06. The summed E-state index contributed by atoms with van der Waals surface area (Å²) in [5.41, 5.74) is 5.14. The molecule has 0 saturated heterocycles. The minimum atomic E-state index is -0.0383. The summed E-state index contributed by atoms with van der Waals surface area (Å²) in [4.78, 5) is 18.8. The molecule has 5 rings (SSSR count). The highest BCUT2D eigenvalue weighted by Crippen LogP contribution is 2.35. The molecule has 0 radical (unpaired) electrons. The zero-order valence-corrected chi connectivity index (χ0v) is 21.7. The molecule has 2 aromatic heterocycles. The maximum absolute atomic E-state index is 13.2. The highest BCUT2D eigenvalue weighted by Gasteiger charge is 2.32. The fourth-order valence-electron chi connectivity index (χ4n) is 5.63. The first-order valence-corrected chi connectivity index (χ1v) is 13.1. The van der Waals surface area contributed by atoms with Gasteiger partial charge in [0.1, 0.15) is 0 Å². The fourth-order valence-corrected chi connectivity index (χ4v) is 5.63. The predicted octanol–water partition coefficient (Wildman–Crippen LogP) is 5.65. The summed E-state index contributed by atoms with van der Waals surface area (Å²) >= 11 is 0. The molecule has 0 amide bonds. The molecule has 1 fully saturated rings. The normalized spacial score (nSPS) is 15.4. The number of aromatic nitrogens is 5. The lowest BCUT2D eigenvalue weighted by Crippen LogP contribution is -2.35. The lowest BCUT2D eigenvalue weighted by Gasteiger charge is -2.34. The monoisotopic (exact) mass is 484 g/mol.